The van der Waals surface area contributed by atoms with E-state index in [0.29, 0.717) is 18.3 Å². The number of alkyl halides is 1. The molecule has 0 amide bonds. The van der Waals surface area contributed by atoms with Gasteiger partial charge < -0.3 is 15.1 Å². The zero-order chi connectivity index (χ0) is 46.0. The summed E-state index contributed by atoms with van der Waals surface area (Å²) in [7, 11) is 0. The maximum Gasteiger partial charge on any atom is 0.162 e. The van der Waals surface area contributed by atoms with Crippen LogP contribution in [0.2, 0.25) is 0 Å². The molecule has 1 radical (unpaired) electrons. The molecule has 0 aliphatic heterocycles. The SMILES string of the molecule is CCC(CC)C(=O)/C=C(\O)C(CC)CCF.[2H]c1nc(-c2[c-]c(C)cc(C)c2)c2ccc(C(C)C)cc2c1[2H].[2H]c1nc(-c2[c-]c(C)cc(C)c2)c2ccc(C(C)C)cc2c1[2H].[Ir]. The number of pyridine rings is 2. The number of ketones is 1. The fourth-order valence-corrected chi connectivity index (χ4v) is 7.09. The van der Waals surface area contributed by atoms with Crippen LogP contribution in [0, 0.1) is 51.7 Å². The molecule has 6 aromatic rings. The van der Waals surface area contributed by atoms with Crippen LogP contribution >= 0.6 is 0 Å². The summed E-state index contributed by atoms with van der Waals surface area (Å²) >= 11 is 0. The summed E-state index contributed by atoms with van der Waals surface area (Å²) in [6, 6.07) is 27.5. The predicted octanol–water partition coefficient (Wildman–Crippen LogP) is 14.7. The minimum atomic E-state index is -0.463. The first-order valence-electron chi connectivity index (χ1n) is 22.7. The molecule has 2 aromatic heterocycles. The number of aliphatic hydroxyl groups excluding tert-OH is 1. The van der Waals surface area contributed by atoms with Crippen LogP contribution in [0.4, 0.5) is 4.39 Å². The zero-order valence-corrected chi connectivity index (χ0v) is 39.1. The molecule has 0 saturated carbocycles. The third-order valence-electron chi connectivity index (χ3n) is 10.5. The third kappa shape index (κ3) is 13.5. The van der Waals surface area contributed by atoms with Crippen molar-refractivity contribution in [3.63, 3.8) is 0 Å². The molecule has 1 N–H and O–H groups in total. The van der Waals surface area contributed by atoms with Gasteiger partial charge in [0.15, 0.2) is 5.78 Å². The minimum Gasteiger partial charge on any atom is -0.512 e. The molecule has 0 bridgehead atoms. The molecule has 4 aromatic carbocycles. The van der Waals surface area contributed by atoms with Gasteiger partial charge >= 0.3 is 0 Å². The van der Waals surface area contributed by atoms with E-state index in [1.54, 1.807) is 0 Å². The fourth-order valence-electron chi connectivity index (χ4n) is 7.09. The van der Waals surface area contributed by atoms with Crippen LogP contribution in [0.5, 0.6) is 0 Å². The number of aromatic nitrogens is 2. The molecule has 0 saturated heterocycles. The summed E-state index contributed by atoms with van der Waals surface area (Å²) in [5, 5.41) is 13.1. The fraction of sp³-hybridized carbons (Fsp3) is 0.377. The zero-order valence-electron chi connectivity index (χ0n) is 40.7. The van der Waals surface area contributed by atoms with Crippen molar-refractivity contribution >= 4 is 27.3 Å². The number of aryl methyl sites for hydroxylation is 4. The largest absolute Gasteiger partial charge is 0.512 e. The number of halogens is 1. The van der Waals surface area contributed by atoms with Gasteiger partial charge in [-0.15, -0.1) is 69.8 Å². The van der Waals surface area contributed by atoms with Crippen molar-refractivity contribution in [2.45, 2.75) is 114 Å². The van der Waals surface area contributed by atoms with Crippen LogP contribution in [0.25, 0.3) is 44.1 Å². The van der Waals surface area contributed by atoms with Gasteiger partial charge in [0.25, 0.3) is 0 Å². The van der Waals surface area contributed by atoms with E-state index in [1.807, 2.05) is 84.9 Å². The molecule has 1 unspecified atom stereocenters. The Balaban J connectivity index is 0.000000255. The maximum absolute atomic E-state index is 12.2. The van der Waals surface area contributed by atoms with E-state index in [-0.39, 0.29) is 74.3 Å². The van der Waals surface area contributed by atoms with Gasteiger partial charge in [0.2, 0.25) is 0 Å². The van der Waals surface area contributed by atoms with E-state index in [2.05, 4.69) is 74.1 Å². The van der Waals surface area contributed by atoms with E-state index in [4.69, 9.17) is 5.48 Å². The molecule has 0 fully saturated rings. The van der Waals surface area contributed by atoms with Crippen LogP contribution < -0.4 is 0 Å². The Morgan fingerprint density at radius 1 is 0.712 bits per heavy atom. The van der Waals surface area contributed by atoms with Gasteiger partial charge in [-0.1, -0.05) is 113 Å². The number of aliphatic hydroxyl groups is 1. The Kier molecular flexibility index (Phi) is 16.8. The second-order valence-electron chi connectivity index (χ2n) is 15.9. The molecule has 0 aliphatic carbocycles. The Hall–Kier alpha value is -4.51. The quantitative estimate of drug-likeness (QED) is 0.0754. The summed E-state index contributed by atoms with van der Waals surface area (Å²) in [5.41, 5.74) is 9.99. The van der Waals surface area contributed by atoms with Gasteiger partial charge in [-0.3, -0.25) is 9.18 Å². The van der Waals surface area contributed by atoms with Crippen molar-refractivity contribution < 1.29 is 39.9 Å². The first-order valence-corrected chi connectivity index (χ1v) is 20.7. The molecule has 0 aliphatic rings. The van der Waals surface area contributed by atoms with Gasteiger partial charge in [-0.25, -0.2) is 0 Å². The molecular formula is C53H63FIrN2O2-2. The van der Waals surface area contributed by atoms with Crippen LogP contribution in [-0.2, 0) is 24.9 Å². The summed E-state index contributed by atoms with van der Waals surface area (Å²) in [6.45, 7) is 22.0. The number of nitrogens with zero attached hydrogens (tertiary/aromatic N) is 2. The number of rotatable bonds is 12. The Labute approximate surface area is 372 Å². The summed E-state index contributed by atoms with van der Waals surface area (Å²) in [6.07, 6.45) is 3.82. The molecule has 4 nitrogen and oxygen atoms in total. The van der Waals surface area contributed by atoms with Gasteiger partial charge in [0.1, 0.15) is 0 Å². The number of carbonyl (C=O) groups excluding carboxylic acids is 1. The molecular weight excluding hydrogens is 908 g/mol. The Morgan fingerprint density at radius 3 is 1.49 bits per heavy atom. The van der Waals surface area contributed by atoms with E-state index in [1.165, 1.54) is 17.2 Å². The van der Waals surface area contributed by atoms with Crippen LogP contribution in [-0.4, -0.2) is 27.5 Å². The molecule has 6 rings (SSSR count). The molecule has 2 heterocycles. The van der Waals surface area contributed by atoms with Gasteiger partial charge in [-0.05, 0) is 93.7 Å². The Morgan fingerprint density at radius 2 is 1.14 bits per heavy atom. The predicted molar refractivity (Wildman–Crippen MR) is 243 cm³/mol. The van der Waals surface area contributed by atoms with Gasteiger partial charge in [0.05, 0.1) is 17.9 Å². The van der Waals surface area contributed by atoms with E-state index < -0.39 is 6.67 Å². The van der Waals surface area contributed by atoms with Gasteiger partial charge in [-0.2, -0.15) is 0 Å². The first kappa shape index (κ1) is 42.6. The van der Waals surface area contributed by atoms with Crippen molar-refractivity contribution in [3.8, 4) is 22.5 Å². The maximum atomic E-state index is 12.2. The number of hydrogen-bond donors (Lipinski definition) is 1. The van der Waals surface area contributed by atoms with Crippen LogP contribution in [0.1, 0.15) is 125 Å². The molecule has 0 spiro atoms. The summed E-state index contributed by atoms with van der Waals surface area (Å²) < 4.78 is 44.7. The smallest absolute Gasteiger partial charge is 0.162 e. The average Bonchev–Trinajstić information content (AvgIpc) is 3.22. The number of benzene rings is 4. The topological polar surface area (TPSA) is 63.1 Å². The van der Waals surface area contributed by atoms with Gasteiger partial charge in [0, 0.05) is 50.4 Å². The Bertz CT molecular complexity index is 2360. The molecule has 6 heteroatoms. The summed E-state index contributed by atoms with van der Waals surface area (Å²) in [5.74, 6) is 0.528. The van der Waals surface area contributed by atoms with Crippen molar-refractivity contribution in [1.29, 1.82) is 0 Å². The van der Waals surface area contributed by atoms with E-state index in [0.717, 1.165) is 79.2 Å². The van der Waals surface area contributed by atoms with E-state index >= 15 is 0 Å². The standard InChI is InChI=1S/2C20H20N.C13H23FO2.Ir/c2*1-13(2)16-5-6-19-17(12-16)7-8-21-20(19)18-10-14(3)9-15(4)11-18;1-4-10(5-2)12(15)9-13(16)11(6-3)7-8-14;/h2*5-10,12-13H,1-4H3;9-11,16H,4-8H2,1-3H3;/q2*-1;;/b;;13-9-;/i2*7D,8D;;. The van der Waals surface area contributed by atoms with Crippen molar-refractivity contribution in [1.82, 2.24) is 9.97 Å². The van der Waals surface area contributed by atoms with Crippen molar-refractivity contribution in [3.05, 3.63) is 142 Å². The number of hydrogen-bond acceptors (Lipinski definition) is 4. The number of carbonyl (C=O) groups is 1. The molecule has 315 valence electrons. The number of allylic oxidation sites excluding steroid dienone is 2. The monoisotopic (exact) mass is 975 g/mol. The van der Waals surface area contributed by atoms with E-state index in [9.17, 15) is 14.3 Å². The minimum absolute atomic E-state index is 0. The first-order chi connectivity index (χ1) is 29.3. The van der Waals surface area contributed by atoms with Crippen LogP contribution in [0.3, 0.4) is 0 Å². The number of fused-ring (bicyclic) bond motifs is 2. The molecule has 59 heavy (non-hydrogen) atoms. The van der Waals surface area contributed by atoms with Crippen molar-refractivity contribution in [2.24, 2.45) is 11.8 Å². The normalized spacial score (nSPS) is 12.8. The second kappa shape index (κ2) is 23.3. The van der Waals surface area contributed by atoms with Crippen LogP contribution in [0.15, 0.2) is 96.9 Å². The second-order valence-corrected chi connectivity index (χ2v) is 15.9. The van der Waals surface area contributed by atoms with Crippen molar-refractivity contribution in [2.75, 3.05) is 6.67 Å². The molecule has 1 atom stereocenters. The average molecular weight is 975 g/mol. The third-order valence-corrected chi connectivity index (χ3v) is 10.5. The summed E-state index contributed by atoms with van der Waals surface area (Å²) in [4.78, 5) is 20.5.